The molecule has 3 rings (SSSR count). The molecule has 0 bridgehead atoms. The van der Waals surface area contributed by atoms with Crippen molar-refractivity contribution in [3.05, 3.63) is 59.7 Å². The molecule has 0 unspecified atom stereocenters. The lowest BCUT2D eigenvalue weighted by molar-refractivity contribution is 1.42. The summed E-state index contributed by atoms with van der Waals surface area (Å²) >= 11 is 4.02. The third-order valence-electron chi connectivity index (χ3n) is 4.06. The molecule has 22 heavy (non-hydrogen) atoms. The van der Waals surface area contributed by atoms with E-state index >= 15 is 0 Å². The molecule has 0 aliphatic heterocycles. The van der Waals surface area contributed by atoms with E-state index in [0.717, 1.165) is 23.0 Å². The normalized spacial score (nSPS) is 11.4. The highest BCUT2D eigenvalue weighted by Gasteiger charge is 2.13. The summed E-state index contributed by atoms with van der Waals surface area (Å²) in [7, 11) is 0. The molecule has 2 heteroatoms. The molecule has 3 aromatic carbocycles. The number of fused-ring (bicyclic) bond motifs is 2. The monoisotopic (exact) mass is 326 g/mol. The highest BCUT2D eigenvalue weighted by Crippen LogP contribution is 2.36. The third kappa shape index (κ3) is 3.00. The Hall–Kier alpha value is -1.12. The van der Waals surface area contributed by atoms with Crippen LogP contribution in [-0.2, 0) is 11.5 Å². The summed E-state index contributed by atoms with van der Waals surface area (Å²) in [5.74, 6) is 4.52. The van der Waals surface area contributed by atoms with Gasteiger partial charge in [0.25, 0.3) is 0 Å². The third-order valence-corrected chi connectivity index (χ3v) is 5.86. The van der Waals surface area contributed by atoms with E-state index in [9.17, 15) is 0 Å². The largest absolute Gasteiger partial charge is 0.157 e. The molecule has 0 aromatic heterocycles. The first-order chi connectivity index (χ1) is 10.9. The molecular weight excluding hydrogens is 304 g/mol. The summed E-state index contributed by atoms with van der Waals surface area (Å²) in [5.41, 5.74) is 3.01. The van der Waals surface area contributed by atoms with Crippen LogP contribution in [0.2, 0.25) is 0 Å². The molecule has 0 saturated heterocycles. The van der Waals surface area contributed by atoms with E-state index in [1.165, 1.54) is 32.7 Å². The minimum Gasteiger partial charge on any atom is -0.157 e. The Balaban J connectivity index is 2.32. The number of benzene rings is 3. The van der Waals surface area contributed by atoms with Crippen molar-refractivity contribution in [3.8, 4) is 0 Å². The average Bonchev–Trinajstić information content (AvgIpc) is 2.58. The average molecular weight is 327 g/mol. The Labute approximate surface area is 141 Å². The molecule has 0 N–H and O–H groups in total. The smallest absolute Gasteiger partial charge is 0.0196 e. The van der Waals surface area contributed by atoms with E-state index in [2.05, 4.69) is 62.4 Å². The van der Waals surface area contributed by atoms with Crippen LogP contribution in [-0.4, -0.2) is 11.5 Å². The summed E-state index contributed by atoms with van der Waals surface area (Å²) < 4.78 is 0. The van der Waals surface area contributed by atoms with Gasteiger partial charge < -0.3 is 0 Å². The molecular formula is C20H22S2. The zero-order valence-corrected chi connectivity index (χ0v) is 14.9. The topological polar surface area (TPSA) is 0 Å². The Morgan fingerprint density at radius 2 is 0.909 bits per heavy atom. The molecule has 0 spiro atoms. The van der Waals surface area contributed by atoms with Gasteiger partial charge >= 0.3 is 0 Å². The lowest BCUT2D eigenvalue weighted by Crippen LogP contribution is -1.94. The first-order valence-corrected chi connectivity index (χ1v) is 10.2. The van der Waals surface area contributed by atoms with E-state index in [4.69, 9.17) is 0 Å². The van der Waals surface area contributed by atoms with Crippen molar-refractivity contribution in [2.45, 2.75) is 25.4 Å². The second-order valence-corrected chi connectivity index (χ2v) is 7.87. The highest BCUT2D eigenvalue weighted by molar-refractivity contribution is 7.98. The summed E-state index contributed by atoms with van der Waals surface area (Å²) in [5, 5.41) is 5.76. The molecule has 0 fully saturated rings. The Morgan fingerprint density at radius 1 is 0.591 bits per heavy atom. The molecule has 114 valence electrons. The fourth-order valence-corrected chi connectivity index (χ4v) is 4.47. The maximum absolute atomic E-state index is 2.30. The van der Waals surface area contributed by atoms with Crippen LogP contribution in [0.3, 0.4) is 0 Å². The molecule has 0 saturated carbocycles. The van der Waals surface area contributed by atoms with Crippen molar-refractivity contribution in [3.63, 3.8) is 0 Å². The van der Waals surface area contributed by atoms with Crippen LogP contribution in [0.25, 0.3) is 21.5 Å². The second-order valence-electron chi connectivity index (χ2n) is 5.32. The van der Waals surface area contributed by atoms with Gasteiger partial charge in [0.05, 0.1) is 0 Å². The van der Waals surface area contributed by atoms with Gasteiger partial charge in [0.1, 0.15) is 0 Å². The van der Waals surface area contributed by atoms with Crippen LogP contribution < -0.4 is 0 Å². The number of hydrogen-bond donors (Lipinski definition) is 0. The summed E-state index contributed by atoms with van der Waals surface area (Å²) in [6.45, 7) is 4.47. The number of rotatable bonds is 6. The second kappa shape index (κ2) is 7.43. The van der Waals surface area contributed by atoms with Gasteiger partial charge in [-0.05, 0) is 44.2 Å². The molecule has 0 radical (unpaired) electrons. The van der Waals surface area contributed by atoms with E-state index in [1.54, 1.807) is 0 Å². The predicted octanol–water partition coefficient (Wildman–Crippen LogP) is 6.50. The zero-order chi connectivity index (χ0) is 15.4. The molecule has 0 aliphatic rings. The number of thioether (sulfide) groups is 2. The first-order valence-electron chi connectivity index (χ1n) is 7.93. The van der Waals surface area contributed by atoms with Crippen LogP contribution >= 0.6 is 23.5 Å². The van der Waals surface area contributed by atoms with Crippen molar-refractivity contribution >= 4 is 45.1 Å². The zero-order valence-electron chi connectivity index (χ0n) is 13.3. The van der Waals surface area contributed by atoms with Crippen molar-refractivity contribution < 1.29 is 0 Å². The summed E-state index contributed by atoms with van der Waals surface area (Å²) in [6, 6.07) is 17.9. The minimum absolute atomic E-state index is 1.10. The minimum atomic E-state index is 1.10. The quantitative estimate of drug-likeness (QED) is 0.474. The molecule has 0 aliphatic carbocycles. The molecule has 0 atom stereocenters. The van der Waals surface area contributed by atoms with Crippen LogP contribution in [0.4, 0.5) is 0 Å². The maximum atomic E-state index is 2.30. The molecule has 0 heterocycles. The van der Waals surface area contributed by atoms with Crippen LogP contribution in [0.15, 0.2) is 48.5 Å². The standard InChI is InChI=1S/C20H22S2/c1-3-21-13-19-15-9-5-7-11-17(15)20(14-22-4-2)18-12-8-6-10-16(18)19/h5-12H,3-4,13-14H2,1-2H3. The lowest BCUT2D eigenvalue weighted by Gasteiger charge is -2.16. The van der Waals surface area contributed by atoms with E-state index in [1.807, 2.05) is 23.5 Å². The fourth-order valence-electron chi connectivity index (χ4n) is 3.03. The van der Waals surface area contributed by atoms with Gasteiger partial charge in [-0.2, -0.15) is 23.5 Å². The summed E-state index contributed by atoms with van der Waals surface area (Å²) in [4.78, 5) is 0. The number of hydrogen-bond acceptors (Lipinski definition) is 2. The maximum Gasteiger partial charge on any atom is 0.0196 e. The van der Waals surface area contributed by atoms with E-state index < -0.39 is 0 Å². The predicted molar refractivity (Wildman–Crippen MR) is 105 cm³/mol. The Bertz CT molecular complexity index is 654. The van der Waals surface area contributed by atoms with E-state index in [0.29, 0.717) is 0 Å². The van der Waals surface area contributed by atoms with Crippen LogP contribution in [0.1, 0.15) is 25.0 Å². The molecule has 0 amide bonds. The van der Waals surface area contributed by atoms with Gasteiger partial charge in [0.15, 0.2) is 0 Å². The van der Waals surface area contributed by atoms with Crippen molar-refractivity contribution in [2.75, 3.05) is 11.5 Å². The molecule has 3 aromatic rings. The van der Waals surface area contributed by atoms with Crippen molar-refractivity contribution in [1.82, 2.24) is 0 Å². The van der Waals surface area contributed by atoms with Gasteiger partial charge in [0, 0.05) is 11.5 Å². The van der Waals surface area contributed by atoms with Crippen LogP contribution in [0, 0.1) is 0 Å². The van der Waals surface area contributed by atoms with Crippen LogP contribution in [0.5, 0.6) is 0 Å². The van der Waals surface area contributed by atoms with E-state index in [-0.39, 0.29) is 0 Å². The van der Waals surface area contributed by atoms with Gasteiger partial charge in [-0.3, -0.25) is 0 Å². The Kier molecular flexibility index (Phi) is 5.32. The lowest BCUT2D eigenvalue weighted by atomic mass is 9.93. The van der Waals surface area contributed by atoms with Gasteiger partial charge in [-0.25, -0.2) is 0 Å². The van der Waals surface area contributed by atoms with Gasteiger partial charge in [0.2, 0.25) is 0 Å². The SMILES string of the molecule is CCSCc1c2ccccc2c(CSCC)c2ccccc12. The first kappa shape index (κ1) is 15.8. The van der Waals surface area contributed by atoms with Gasteiger partial charge in [-0.1, -0.05) is 62.4 Å². The molecule has 0 nitrogen and oxygen atoms in total. The van der Waals surface area contributed by atoms with Crippen molar-refractivity contribution in [1.29, 1.82) is 0 Å². The van der Waals surface area contributed by atoms with Gasteiger partial charge in [-0.15, -0.1) is 0 Å². The fraction of sp³-hybridized carbons (Fsp3) is 0.300. The highest BCUT2D eigenvalue weighted by atomic mass is 32.2. The summed E-state index contributed by atoms with van der Waals surface area (Å²) in [6.07, 6.45) is 0. The Morgan fingerprint density at radius 3 is 1.18 bits per heavy atom. The van der Waals surface area contributed by atoms with Crippen molar-refractivity contribution in [2.24, 2.45) is 0 Å².